The monoisotopic (exact) mass is 305 g/mol. The third-order valence-corrected chi connectivity index (χ3v) is 5.21. The van der Waals surface area contributed by atoms with E-state index >= 15 is 0 Å². The summed E-state index contributed by atoms with van der Waals surface area (Å²) in [5, 5.41) is 13.0. The van der Waals surface area contributed by atoms with Gasteiger partial charge >= 0.3 is 0 Å². The van der Waals surface area contributed by atoms with E-state index in [2.05, 4.69) is 31.3 Å². The van der Waals surface area contributed by atoms with E-state index in [1.807, 2.05) is 13.0 Å². The molecule has 1 saturated heterocycles. The molecule has 3 nitrogen and oxygen atoms in total. The minimum atomic E-state index is -0.732. The van der Waals surface area contributed by atoms with Gasteiger partial charge in [-0.3, -0.25) is 4.79 Å². The second-order valence-corrected chi connectivity index (χ2v) is 6.98. The second kappa shape index (κ2) is 6.67. The van der Waals surface area contributed by atoms with Gasteiger partial charge in [0.15, 0.2) is 0 Å². The molecule has 1 aromatic carbocycles. The summed E-state index contributed by atoms with van der Waals surface area (Å²) in [5.74, 6) is 1.51. The van der Waals surface area contributed by atoms with E-state index in [4.69, 9.17) is 0 Å². The zero-order valence-corrected chi connectivity index (χ0v) is 13.7. The number of nitrogens with one attached hydrogen (secondary N) is 1. The minimum absolute atomic E-state index is 0.155. The summed E-state index contributed by atoms with van der Waals surface area (Å²) in [6, 6.07) is 4.22. The molecule has 0 saturated carbocycles. The summed E-state index contributed by atoms with van der Waals surface area (Å²) < 4.78 is 0. The maximum atomic E-state index is 11.9. The summed E-state index contributed by atoms with van der Waals surface area (Å²) in [6.07, 6.45) is 4.13. The molecule has 1 unspecified atom stereocenters. The molecule has 1 aliphatic heterocycles. The summed E-state index contributed by atoms with van der Waals surface area (Å²) in [6.45, 7) is 6.53. The van der Waals surface area contributed by atoms with Crippen molar-refractivity contribution in [3.63, 3.8) is 0 Å². The van der Waals surface area contributed by atoms with Crippen molar-refractivity contribution in [3.05, 3.63) is 40.5 Å². The predicted octanol–water partition coefficient (Wildman–Crippen LogP) is 2.61. The van der Waals surface area contributed by atoms with Gasteiger partial charge in [0.1, 0.15) is 0 Å². The molecule has 1 amide bonds. The van der Waals surface area contributed by atoms with Crippen LogP contribution in [0.5, 0.6) is 0 Å². The smallest absolute Gasteiger partial charge is 0.244 e. The van der Waals surface area contributed by atoms with Crippen LogP contribution in [0.3, 0.4) is 0 Å². The zero-order chi connectivity index (χ0) is 15.5. The van der Waals surface area contributed by atoms with E-state index in [0.29, 0.717) is 12.3 Å². The van der Waals surface area contributed by atoms with E-state index in [0.717, 1.165) is 23.3 Å². The van der Waals surface area contributed by atoms with Crippen molar-refractivity contribution < 1.29 is 9.90 Å². The Hall–Kier alpha value is -1.26. The Bertz CT molecular complexity index is 560. The molecule has 0 radical (unpaired) electrons. The number of aryl methyl sites for hydroxylation is 3. The van der Waals surface area contributed by atoms with Crippen LogP contribution in [0.2, 0.25) is 0 Å². The summed E-state index contributed by atoms with van der Waals surface area (Å²) in [5.41, 5.74) is 3.97. The third kappa shape index (κ3) is 4.35. The predicted molar refractivity (Wildman–Crippen MR) is 89.6 cm³/mol. The van der Waals surface area contributed by atoms with Crippen LogP contribution in [0.15, 0.2) is 18.2 Å². The van der Waals surface area contributed by atoms with Crippen molar-refractivity contribution >= 4 is 23.7 Å². The summed E-state index contributed by atoms with van der Waals surface area (Å²) in [7, 11) is 0. The first-order valence-electron chi connectivity index (χ1n) is 7.23. The van der Waals surface area contributed by atoms with Crippen LogP contribution in [0.25, 0.3) is 6.08 Å². The highest BCUT2D eigenvalue weighted by Gasteiger charge is 2.31. The summed E-state index contributed by atoms with van der Waals surface area (Å²) in [4.78, 5) is 11.9. The highest BCUT2D eigenvalue weighted by Crippen LogP contribution is 2.26. The molecule has 1 aliphatic rings. The van der Waals surface area contributed by atoms with Gasteiger partial charge < -0.3 is 10.4 Å². The van der Waals surface area contributed by atoms with Gasteiger partial charge in [0.25, 0.3) is 0 Å². The normalized spacial score (nSPS) is 21.9. The van der Waals surface area contributed by atoms with Crippen LogP contribution in [0.1, 0.15) is 28.7 Å². The lowest BCUT2D eigenvalue weighted by molar-refractivity contribution is -0.117. The number of rotatable bonds is 4. The fraction of sp³-hybridized carbons (Fsp3) is 0.471. The molecule has 1 fully saturated rings. The Labute approximate surface area is 130 Å². The van der Waals surface area contributed by atoms with Crippen LogP contribution >= 0.6 is 11.8 Å². The van der Waals surface area contributed by atoms with Gasteiger partial charge in [-0.2, -0.15) is 11.8 Å². The third-order valence-electron chi connectivity index (χ3n) is 3.97. The second-order valence-electron chi connectivity index (χ2n) is 5.87. The molecule has 0 aliphatic carbocycles. The molecular weight excluding hydrogens is 282 g/mol. The molecule has 0 bridgehead atoms. The molecule has 1 heterocycles. The van der Waals surface area contributed by atoms with Crippen LogP contribution in [0, 0.1) is 20.8 Å². The van der Waals surface area contributed by atoms with Crippen molar-refractivity contribution in [3.8, 4) is 0 Å². The average molecular weight is 305 g/mol. The molecule has 1 aromatic rings. The van der Waals surface area contributed by atoms with E-state index in [1.54, 1.807) is 17.8 Å². The minimum Gasteiger partial charge on any atom is -0.387 e. The number of carbonyl (C=O) groups excluding carboxylic acids is 1. The molecule has 21 heavy (non-hydrogen) atoms. The number of carbonyl (C=O) groups is 1. The van der Waals surface area contributed by atoms with Crippen molar-refractivity contribution in [2.75, 3.05) is 18.1 Å². The highest BCUT2D eigenvalue weighted by molar-refractivity contribution is 7.99. The van der Waals surface area contributed by atoms with Gasteiger partial charge in [-0.05, 0) is 61.3 Å². The van der Waals surface area contributed by atoms with Gasteiger partial charge in [-0.1, -0.05) is 12.1 Å². The maximum Gasteiger partial charge on any atom is 0.244 e. The quantitative estimate of drug-likeness (QED) is 0.841. The van der Waals surface area contributed by atoms with E-state index < -0.39 is 5.60 Å². The molecular formula is C17H23NO2S. The van der Waals surface area contributed by atoms with Crippen LogP contribution < -0.4 is 5.32 Å². The first kappa shape index (κ1) is 16.1. The average Bonchev–Trinajstić information content (AvgIpc) is 2.86. The van der Waals surface area contributed by atoms with Gasteiger partial charge in [0.05, 0.1) is 5.60 Å². The van der Waals surface area contributed by atoms with Gasteiger partial charge in [-0.25, -0.2) is 0 Å². The molecule has 114 valence electrons. The molecule has 2 rings (SSSR count). The number of thioether (sulfide) groups is 1. The van der Waals surface area contributed by atoms with E-state index in [9.17, 15) is 9.90 Å². The molecule has 2 N–H and O–H groups in total. The highest BCUT2D eigenvalue weighted by atomic mass is 32.2. The SMILES string of the molecule is Cc1cc(C)c(C=CC(=O)NCC2(O)CCSC2)cc1C. The topological polar surface area (TPSA) is 49.3 Å². The van der Waals surface area contributed by atoms with Crippen LogP contribution in [-0.2, 0) is 4.79 Å². The molecule has 0 spiro atoms. The lowest BCUT2D eigenvalue weighted by Crippen LogP contribution is -2.42. The Balaban J connectivity index is 1.94. The number of aliphatic hydroxyl groups is 1. The van der Waals surface area contributed by atoms with Crippen LogP contribution in [0.4, 0.5) is 0 Å². The molecule has 4 heteroatoms. The van der Waals surface area contributed by atoms with Gasteiger partial charge in [0.2, 0.25) is 5.91 Å². The number of amides is 1. The number of hydrogen-bond donors (Lipinski definition) is 2. The molecule has 0 aromatic heterocycles. The largest absolute Gasteiger partial charge is 0.387 e. The Morgan fingerprint density at radius 2 is 2.05 bits per heavy atom. The fourth-order valence-corrected chi connectivity index (χ4v) is 3.67. The zero-order valence-electron chi connectivity index (χ0n) is 12.9. The first-order chi connectivity index (χ1) is 9.89. The molecule has 1 atom stereocenters. The lowest BCUT2D eigenvalue weighted by Gasteiger charge is -2.20. The number of benzene rings is 1. The Kier molecular flexibility index (Phi) is 5.12. The van der Waals surface area contributed by atoms with E-state index in [-0.39, 0.29) is 5.91 Å². The Morgan fingerprint density at radius 1 is 1.33 bits per heavy atom. The number of hydrogen-bond acceptors (Lipinski definition) is 3. The van der Waals surface area contributed by atoms with Gasteiger partial charge in [-0.15, -0.1) is 0 Å². The standard InChI is InChI=1S/C17H23NO2S/c1-12-8-14(3)15(9-13(12)2)4-5-16(19)18-10-17(20)6-7-21-11-17/h4-5,8-9,20H,6-7,10-11H2,1-3H3,(H,18,19). The Morgan fingerprint density at radius 3 is 2.71 bits per heavy atom. The van der Waals surface area contributed by atoms with Crippen molar-refractivity contribution in [1.82, 2.24) is 5.32 Å². The fourth-order valence-electron chi connectivity index (χ4n) is 2.37. The van der Waals surface area contributed by atoms with Crippen LogP contribution in [-0.4, -0.2) is 34.7 Å². The first-order valence-corrected chi connectivity index (χ1v) is 8.39. The van der Waals surface area contributed by atoms with Crippen molar-refractivity contribution in [2.45, 2.75) is 32.8 Å². The maximum absolute atomic E-state index is 11.9. The van der Waals surface area contributed by atoms with Gasteiger partial charge in [0, 0.05) is 18.4 Å². The van der Waals surface area contributed by atoms with E-state index in [1.165, 1.54) is 11.1 Å². The lowest BCUT2D eigenvalue weighted by atomic mass is 10.0. The van der Waals surface area contributed by atoms with Crippen molar-refractivity contribution in [1.29, 1.82) is 0 Å². The summed E-state index contributed by atoms with van der Waals surface area (Å²) >= 11 is 1.73. The van der Waals surface area contributed by atoms with Crippen molar-refractivity contribution in [2.24, 2.45) is 0 Å².